The van der Waals surface area contributed by atoms with E-state index in [9.17, 15) is 14.0 Å². The van der Waals surface area contributed by atoms with Crippen LogP contribution in [0.3, 0.4) is 0 Å². The molecule has 1 atom stereocenters. The summed E-state index contributed by atoms with van der Waals surface area (Å²) in [5.74, 6) is -1.24. The van der Waals surface area contributed by atoms with E-state index in [1.54, 1.807) is 12.1 Å². The van der Waals surface area contributed by atoms with Gasteiger partial charge in [0.2, 0.25) is 5.91 Å². The standard InChI is InChI=1S/C21H19FN2O2/c22-17-8-4-5-9-18(17)24-20(25)14-19(21(24)26)23-12-10-16(11-13-23)15-6-2-1-3-7-15/h1-10,19H,11-14H2/t19-/m1/s1. The van der Waals surface area contributed by atoms with Crippen LogP contribution in [-0.4, -0.2) is 35.8 Å². The summed E-state index contributed by atoms with van der Waals surface area (Å²) in [7, 11) is 0. The predicted molar refractivity (Wildman–Crippen MR) is 97.9 cm³/mol. The highest BCUT2D eigenvalue weighted by molar-refractivity contribution is 6.22. The summed E-state index contributed by atoms with van der Waals surface area (Å²) in [6.07, 6.45) is 3.03. The second kappa shape index (κ2) is 6.84. The molecule has 0 aromatic heterocycles. The lowest BCUT2D eigenvalue weighted by Gasteiger charge is -2.30. The minimum atomic E-state index is -0.556. The number of nitrogens with zero attached hydrogens (tertiary/aromatic N) is 2. The number of halogens is 1. The molecule has 0 saturated carbocycles. The van der Waals surface area contributed by atoms with Gasteiger partial charge in [-0.2, -0.15) is 0 Å². The lowest BCUT2D eigenvalue weighted by Crippen LogP contribution is -2.44. The second-order valence-electron chi connectivity index (χ2n) is 6.58. The third-order valence-corrected chi connectivity index (χ3v) is 5.04. The van der Waals surface area contributed by atoms with Gasteiger partial charge in [0.25, 0.3) is 5.91 Å². The first-order valence-corrected chi connectivity index (χ1v) is 8.75. The van der Waals surface area contributed by atoms with Gasteiger partial charge >= 0.3 is 0 Å². The quantitative estimate of drug-likeness (QED) is 0.798. The van der Waals surface area contributed by atoms with E-state index in [0.29, 0.717) is 13.1 Å². The van der Waals surface area contributed by atoms with Crippen LogP contribution in [0.25, 0.3) is 5.57 Å². The summed E-state index contributed by atoms with van der Waals surface area (Å²) in [6.45, 7) is 1.31. The van der Waals surface area contributed by atoms with Crippen molar-refractivity contribution in [3.8, 4) is 0 Å². The molecule has 0 aliphatic carbocycles. The molecular weight excluding hydrogens is 331 g/mol. The van der Waals surface area contributed by atoms with Gasteiger partial charge in [0.05, 0.1) is 18.2 Å². The number of hydrogen-bond donors (Lipinski definition) is 0. The molecular formula is C21H19FN2O2. The molecule has 132 valence electrons. The molecule has 26 heavy (non-hydrogen) atoms. The Morgan fingerprint density at radius 1 is 0.962 bits per heavy atom. The Hall–Kier alpha value is -2.79. The van der Waals surface area contributed by atoms with Crippen molar-refractivity contribution in [2.45, 2.75) is 18.9 Å². The van der Waals surface area contributed by atoms with E-state index in [-0.39, 0.29) is 23.9 Å². The van der Waals surface area contributed by atoms with E-state index in [1.807, 2.05) is 23.1 Å². The topological polar surface area (TPSA) is 40.6 Å². The monoisotopic (exact) mass is 350 g/mol. The molecule has 1 saturated heterocycles. The van der Waals surface area contributed by atoms with Crippen LogP contribution in [0.5, 0.6) is 0 Å². The highest BCUT2D eigenvalue weighted by Gasteiger charge is 2.43. The van der Waals surface area contributed by atoms with Crippen molar-refractivity contribution in [2.24, 2.45) is 0 Å². The highest BCUT2D eigenvalue weighted by Crippen LogP contribution is 2.30. The summed E-state index contributed by atoms with van der Waals surface area (Å²) < 4.78 is 14.0. The molecule has 1 fully saturated rings. The van der Waals surface area contributed by atoms with Crippen LogP contribution in [-0.2, 0) is 9.59 Å². The first-order valence-electron chi connectivity index (χ1n) is 8.75. The van der Waals surface area contributed by atoms with Gasteiger partial charge in [0.15, 0.2) is 0 Å². The van der Waals surface area contributed by atoms with Gasteiger partial charge in [-0.1, -0.05) is 48.5 Å². The molecule has 4 nitrogen and oxygen atoms in total. The molecule has 2 aromatic carbocycles. The van der Waals surface area contributed by atoms with E-state index in [4.69, 9.17) is 0 Å². The third kappa shape index (κ3) is 2.95. The summed E-state index contributed by atoms with van der Waals surface area (Å²) >= 11 is 0. The zero-order valence-corrected chi connectivity index (χ0v) is 14.3. The zero-order chi connectivity index (χ0) is 18.1. The fourth-order valence-electron chi connectivity index (χ4n) is 3.67. The Kier molecular flexibility index (Phi) is 4.39. The molecule has 0 spiro atoms. The highest BCUT2D eigenvalue weighted by atomic mass is 19.1. The number of para-hydroxylation sites is 1. The number of hydrogen-bond acceptors (Lipinski definition) is 3. The summed E-state index contributed by atoms with van der Waals surface area (Å²) in [6, 6.07) is 15.5. The Bertz CT molecular complexity index is 879. The molecule has 0 bridgehead atoms. The van der Waals surface area contributed by atoms with Gasteiger partial charge < -0.3 is 0 Å². The van der Waals surface area contributed by atoms with Crippen LogP contribution in [0.2, 0.25) is 0 Å². The molecule has 2 heterocycles. The second-order valence-corrected chi connectivity index (χ2v) is 6.58. The van der Waals surface area contributed by atoms with Crippen LogP contribution in [0.1, 0.15) is 18.4 Å². The number of benzene rings is 2. The number of carbonyl (C=O) groups is 2. The third-order valence-electron chi connectivity index (χ3n) is 5.04. The van der Waals surface area contributed by atoms with Gasteiger partial charge in [-0.05, 0) is 29.7 Å². The van der Waals surface area contributed by atoms with Gasteiger partial charge in [0, 0.05) is 13.1 Å². The lowest BCUT2D eigenvalue weighted by atomic mass is 9.98. The molecule has 4 rings (SSSR count). The van der Waals surface area contributed by atoms with E-state index in [2.05, 4.69) is 18.2 Å². The van der Waals surface area contributed by atoms with Crippen LogP contribution >= 0.6 is 0 Å². The Morgan fingerprint density at radius 2 is 1.69 bits per heavy atom. The summed E-state index contributed by atoms with van der Waals surface area (Å²) in [5.41, 5.74) is 2.49. The fourth-order valence-corrected chi connectivity index (χ4v) is 3.67. The van der Waals surface area contributed by atoms with Crippen molar-refractivity contribution < 1.29 is 14.0 Å². The Balaban J connectivity index is 1.52. The van der Waals surface area contributed by atoms with Crippen LogP contribution < -0.4 is 4.90 Å². The first-order chi connectivity index (χ1) is 12.6. The van der Waals surface area contributed by atoms with Crippen molar-refractivity contribution in [3.63, 3.8) is 0 Å². The van der Waals surface area contributed by atoms with Gasteiger partial charge in [-0.3, -0.25) is 14.5 Å². The summed E-state index contributed by atoms with van der Waals surface area (Å²) in [5, 5.41) is 0. The van der Waals surface area contributed by atoms with Crippen molar-refractivity contribution in [3.05, 3.63) is 72.1 Å². The molecule has 2 aliphatic rings. The molecule has 2 aliphatic heterocycles. The predicted octanol–water partition coefficient (Wildman–Crippen LogP) is 3.25. The molecule has 2 amide bonds. The summed E-state index contributed by atoms with van der Waals surface area (Å²) in [4.78, 5) is 28.2. The number of anilines is 1. The average molecular weight is 350 g/mol. The minimum absolute atomic E-state index is 0.0440. The molecule has 0 radical (unpaired) electrons. The molecule has 2 aromatic rings. The maximum absolute atomic E-state index is 14.0. The van der Waals surface area contributed by atoms with E-state index >= 15 is 0 Å². The Labute approximate surface area is 151 Å². The van der Waals surface area contributed by atoms with Crippen LogP contribution in [0, 0.1) is 5.82 Å². The fraction of sp³-hybridized carbons (Fsp3) is 0.238. The normalized spacial score (nSPS) is 21.2. The zero-order valence-electron chi connectivity index (χ0n) is 14.3. The van der Waals surface area contributed by atoms with Gasteiger partial charge in [0.1, 0.15) is 5.82 Å². The van der Waals surface area contributed by atoms with E-state index in [0.717, 1.165) is 11.3 Å². The lowest BCUT2D eigenvalue weighted by molar-refractivity contribution is -0.122. The average Bonchev–Trinajstić information content (AvgIpc) is 2.97. The van der Waals surface area contributed by atoms with E-state index in [1.165, 1.54) is 23.3 Å². The molecule has 0 unspecified atom stereocenters. The largest absolute Gasteiger partial charge is 0.287 e. The van der Waals surface area contributed by atoms with E-state index < -0.39 is 11.9 Å². The van der Waals surface area contributed by atoms with Crippen molar-refractivity contribution in [1.82, 2.24) is 4.90 Å². The minimum Gasteiger partial charge on any atom is -0.287 e. The SMILES string of the molecule is O=C1C[C@@H](N2CC=C(c3ccccc3)CC2)C(=O)N1c1ccccc1F. The number of imide groups is 1. The van der Waals surface area contributed by atoms with Crippen molar-refractivity contribution in [1.29, 1.82) is 0 Å². The smallest absolute Gasteiger partial charge is 0.251 e. The van der Waals surface area contributed by atoms with Gasteiger partial charge in [-0.25, -0.2) is 9.29 Å². The van der Waals surface area contributed by atoms with Crippen LogP contribution in [0.4, 0.5) is 10.1 Å². The van der Waals surface area contributed by atoms with Crippen LogP contribution in [0.15, 0.2) is 60.7 Å². The molecule has 0 N–H and O–H groups in total. The molecule has 5 heteroatoms. The van der Waals surface area contributed by atoms with Crippen molar-refractivity contribution in [2.75, 3.05) is 18.0 Å². The number of rotatable bonds is 3. The number of amides is 2. The Morgan fingerprint density at radius 3 is 2.38 bits per heavy atom. The maximum Gasteiger partial charge on any atom is 0.251 e. The number of carbonyl (C=O) groups excluding carboxylic acids is 2. The maximum atomic E-state index is 14.0. The first kappa shape index (κ1) is 16.7. The van der Waals surface area contributed by atoms with Gasteiger partial charge in [-0.15, -0.1) is 0 Å². The van der Waals surface area contributed by atoms with Crippen molar-refractivity contribution >= 4 is 23.1 Å².